The predicted molar refractivity (Wildman–Crippen MR) is 75.7 cm³/mol. The minimum absolute atomic E-state index is 0.149. The number of sulfonamides is 1. The van der Waals surface area contributed by atoms with Crippen molar-refractivity contribution in [2.24, 2.45) is 0 Å². The summed E-state index contributed by atoms with van der Waals surface area (Å²) >= 11 is 2.65. The average molecular weight is 318 g/mol. The third-order valence-electron chi connectivity index (χ3n) is 2.55. The molecule has 0 aromatic carbocycles. The van der Waals surface area contributed by atoms with Crippen LogP contribution in [-0.4, -0.2) is 18.5 Å². The van der Waals surface area contributed by atoms with Gasteiger partial charge in [0.05, 0.1) is 17.5 Å². The van der Waals surface area contributed by atoms with Crippen molar-refractivity contribution in [3.05, 3.63) is 32.9 Å². The van der Waals surface area contributed by atoms with Gasteiger partial charge in [-0.05, 0) is 12.5 Å². The molecule has 0 aliphatic rings. The molecule has 0 fully saturated rings. The third kappa shape index (κ3) is 3.40. The van der Waals surface area contributed by atoms with Gasteiger partial charge in [-0.25, -0.2) is 18.1 Å². The number of thiophene rings is 1. The average Bonchev–Trinajstić information content (AvgIpc) is 3.06. The Morgan fingerprint density at radius 2 is 2.26 bits per heavy atom. The van der Waals surface area contributed by atoms with E-state index in [1.165, 1.54) is 34.1 Å². The highest BCUT2D eigenvalue weighted by molar-refractivity contribution is 7.89. The van der Waals surface area contributed by atoms with Crippen molar-refractivity contribution in [1.29, 1.82) is 0 Å². The number of nitrogens with one attached hydrogen (secondary N) is 1. The summed E-state index contributed by atoms with van der Waals surface area (Å²) in [5.41, 5.74) is 0. The van der Waals surface area contributed by atoms with Crippen LogP contribution in [0.5, 0.6) is 0 Å². The maximum atomic E-state index is 12.2. The lowest BCUT2D eigenvalue weighted by molar-refractivity contribution is 0.285. The molecule has 2 aromatic rings. The number of aliphatic hydroxyl groups excluding tert-OH is 1. The van der Waals surface area contributed by atoms with Crippen molar-refractivity contribution in [3.63, 3.8) is 0 Å². The first-order valence-corrected chi connectivity index (χ1v) is 8.91. The fourth-order valence-corrected chi connectivity index (χ4v) is 4.82. The quantitative estimate of drug-likeness (QED) is 0.855. The fourth-order valence-electron chi connectivity index (χ4n) is 1.55. The Morgan fingerprint density at radius 1 is 1.47 bits per heavy atom. The van der Waals surface area contributed by atoms with Crippen LogP contribution in [0.25, 0.3) is 0 Å². The highest BCUT2D eigenvalue weighted by atomic mass is 32.2. The smallest absolute Gasteiger partial charge is 0.242 e. The van der Waals surface area contributed by atoms with Crippen molar-refractivity contribution < 1.29 is 13.5 Å². The lowest BCUT2D eigenvalue weighted by Gasteiger charge is -2.13. The monoisotopic (exact) mass is 318 g/mol. The lowest BCUT2D eigenvalue weighted by Crippen LogP contribution is -2.28. The number of rotatable bonds is 6. The fraction of sp³-hybridized carbons (Fsp3) is 0.364. The molecule has 5 nitrogen and oxygen atoms in total. The van der Waals surface area contributed by atoms with Crippen LogP contribution in [-0.2, 0) is 16.6 Å². The molecule has 0 saturated carbocycles. The van der Waals surface area contributed by atoms with Crippen molar-refractivity contribution in [1.82, 2.24) is 9.71 Å². The van der Waals surface area contributed by atoms with E-state index < -0.39 is 10.0 Å². The molecule has 2 aromatic heterocycles. The van der Waals surface area contributed by atoms with Gasteiger partial charge in [0.2, 0.25) is 10.0 Å². The molecule has 0 amide bonds. The summed E-state index contributed by atoms with van der Waals surface area (Å²) in [6, 6.07) is 1.17. The highest BCUT2D eigenvalue weighted by Gasteiger charge is 2.22. The van der Waals surface area contributed by atoms with E-state index in [1.54, 1.807) is 6.20 Å². The van der Waals surface area contributed by atoms with Gasteiger partial charge < -0.3 is 5.11 Å². The SMILES string of the molecule is CCC(NS(=O)(=O)c1csc(CO)c1)c1nccs1. The van der Waals surface area contributed by atoms with E-state index in [2.05, 4.69) is 9.71 Å². The number of aliphatic hydroxyl groups is 1. The number of aromatic nitrogens is 1. The topological polar surface area (TPSA) is 79.3 Å². The summed E-state index contributed by atoms with van der Waals surface area (Å²) in [6.07, 6.45) is 2.29. The minimum Gasteiger partial charge on any atom is -0.391 e. The van der Waals surface area contributed by atoms with E-state index in [-0.39, 0.29) is 17.5 Å². The Morgan fingerprint density at radius 3 is 2.79 bits per heavy atom. The normalized spacial score (nSPS) is 13.6. The van der Waals surface area contributed by atoms with Crippen LogP contribution in [0.3, 0.4) is 0 Å². The molecule has 0 radical (unpaired) electrons. The summed E-state index contributed by atoms with van der Waals surface area (Å²) in [6.45, 7) is 1.76. The number of nitrogens with zero attached hydrogens (tertiary/aromatic N) is 1. The van der Waals surface area contributed by atoms with Gasteiger partial charge in [-0.15, -0.1) is 22.7 Å². The molecular weight excluding hydrogens is 304 g/mol. The Bertz CT molecular complexity index is 619. The maximum absolute atomic E-state index is 12.2. The molecule has 2 N–H and O–H groups in total. The molecular formula is C11H14N2O3S3. The standard InChI is InChI=1S/C11H14N2O3S3/c1-2-10(11-12-3-4-17-11)13-19(15,16)9-5-8(6-14)18-7-9/h3-5,7,10,13-14H,2,6H2,1H3. The van der Waals surface area contributed by atoms with Crippen LogP contribution in [0.4, 0.5) is 0 Å². The molecule has 2 rings (SSSR count). The molecule has 19 heavy (non-hydrogen) atoms. The van der Waals surface area contributed by atoms with Crippen LogP contribution in [0.15, 0.2) is 27.9 Å². The summed E-state index contributed by atoms with van der Waals surface area (Å²) in [7, 11) is -3.57. The first-order valence-electron chi connectivity index (χ1n) is 5.66. The van der Waals surface area contributed by atoms with E-state index in [0.717, 1.165) is 5.01 Å². The van der Waals surface area contributed by atoms with Gasteiger partial charge in [0, 0.05) is 21.8 Å². The van der Waals surface area contributed by atoms with Crippen molar-refractivity contribution in [2.45, 2.75) is 30.9 Å². The van der Waals surface area contributed by atoms with Gasteiger partial charge in [0.1, 0.15) is 5.01 Å². The van der Waals surface area contributed by atoms with Crippen molar-refractivity contribution in [2.75, 3.05) is 0 Å². The largest absolute Gasteiger partial charge is 0.391 e. The molecule has 0 bridgehead atoms. The Kier molecular flexibility index (Phi) is 4.69. The maximum Gasteiger partial charge on any atom is 0.242 e. The van der Waals surface area contributed by atoms with E-state index in [9.17, 15) is 8.42 Å². The van der Waals surface area contributed by atoms with Gasteiger partial charge in [-0.2, -0.15) is 0 Å². The van der Waals surface area contributed by atoms with Crippen LogP contribution in [0, 0.1) is 0 Å². The molecule has 104 valence electrons. The zero-order chi connectivity index (χ0) is 13.9. The van der Waals surface area contributed by atoms with E-state index in [1.807, 2.05) is 12.3 Å². The second-order valence-corrected chi connectivity index (χ2v) is 7.50. The summed E-state index contributed by atoms with van der Waals surface area (Å²) < 4.78 is 27.1. The zero-order valence-corrected chi connectivity index (χ0v) is 12.7. The van der Waals surface area contributed by atoms with Crippen molar-refractivity contribution >= 4 is 32.7 Å². The minimum atomic E-state index is -3.57. The molecule has 1 atom stereocenters. The van der Waals surface area contributed by atoms with Gasteiger partial charge in [0.15, 0.2) is 0 Å². The zero-order valence-electron chi connectivity index (χ0n) is 10.2. The number of hydrogen-bond acceptors (Lipinski definition) is 6. The summed E-state index contributed by atoms with van der Waals surface area (Å²) in [4.78, 5) is 4.96. The second-order valence-electron chi connectivity index (χ2n) is 3.86. The van der Waals surface area contributed by atoms with Crippen LogP contribution in [0.1, 0.15) is 29.3 Å². The number of hydrogen-bond donors (Lipinski definition) is 2. The van der Waals surface area contributed by atoms with Gasteiger partial charge in [0.25, 0.3) is 0 Å². The van der Waals surface area contributed by atoms with Gasteiger partial charge in [-0.1, -0.05) is 6.92 Å². The van der Waals surface area contributed by atoms with E-state index >= 15 is 0 Å². The van der Waals surface area contributed by atoms with Crippen LogP contribution >= 0.6 is 22.7 Å². The first kappa shape index (κ1) is 14.6. The first-order chi connectivity index (χ1) is 9.06. The molecule has 0 saturated heterocycles. The van der Waals surface area contributed by atoms with Crippen LogP contribution < -0.4 is 4.72 Å². The Hall–Kier alpha value is -0.800. The van der Waals surface area contributed by atoms with E-state index in [0.29, 0.717) is 11.3 Å². The molecule has 0 aliphatic carbocycles. The Labute approximate surface area is 120 Å². The molecule has 0 aliphatic heterocycles. The molecule has 0 spiro atoms. The molecule has 1 unspecified atom stereocenters. The summed E-state index contributed by atoms with van der Waals surface area (Å²) in [5.74, 6) is 0. The van der Waals surface area contributed by atoms with E-state index in [4.69, 9.17) is 5.11 Å². The van der Waals surface area contributed by atoms with Gasteiger partial charge >= 0.3 is 0 Å². The molecule has 8 heteroatoms. The molecule has 2 heterocycles. The van der Waals surface area contributed by atoms with Crippen molar-refractivity contribution in [3.8, 4) is 0 Å². The lowest BCUT2D eigenvalue weighted by atomic mass is 10.3. The third-order valence-corrected chi connectivity index (χ3v) is 5.96. The summed E-state index contributed by atoms with van der Waals surface area (Å²) in [5, 5.41) is 13.1. The predicted octanol–water partition coefficient (Wildman–Crippen LogP) is 2.13. The second kappa shape index (κ2) is 6.10. The van der Waals surface area contributed by atoms with Crippen LogP contribution in [0.2, 0.25) is 0 Å². The van der Waals surface area contributed by atoms with Gasteiger partial charge in [-0.3, -0.25) is 0 Å². The number of thiazole rings is 1. The highest BCUT2D eigenvalue weighted by Crippen LogP contribution is 2.24. The Balaban J connectivity index is 2.20.